The predicted molar refractivity (Wildman–Crippen MR) is 140 cm³/mol. The van der Waals surface area contributed by atoms with Crippen molar-refractivity contribution in [1.82, 2.24) is 19.9 Å². The Hall–Kier alpha value is -3.22. The van der Waals surface area contributed by atoms with Crippen LogP contribution < -0.4 is 4.90 Å². The lowest BCUT2D eigenvalue weighted by molar-refractivity contribution is 0.144. The number of rotatable bonds is 6. The fourth-order valence-corrected chi connectivity index (χ4v) is 4.95. The number of hydrogen-bond donors (Lipinski definition) is 1. The molecule has 0 aliphatic carbocycles. The van der Waals surface area contributed by atoms with Crippen LogP contribution in [0.25, 0.3) is 33.3 Å². The standard InChI is InChI=1S/C28H33N5O/c1-19-15-24(16-20(2)30-19)28-21(3)25-7-5-22(17-26(25)31-28)23-6-8-27(29-18-23)33-11-9-32(10-12-33)13-14-34-4/h5-8,15-18,31H,9-14H2,1-4H3. The van der Waals surface area contributed by atoms with Gasteiger partial charge in [-0.2, -0.15) is 0 Å². The van der Waals surface area contributed by atoms with Gasteiger partial charge in [0, 0.05) is 85.1 Å². The number of piperazine rings is 1. The largest absolute Gasteiger partial charge is 0.383 e. The molecule has 0 saturated carbocycles. The van der Waals surface area contributed by atoms with Crippen LogP contribution in [0.2, 0.25) is 0 Å². The third-order valence-corrected chi connectivity index (χ3v) is 6.82. The average Bonchev–Trinajstić information content (AvgIpc) is 3.18. The number of methoxy groups -OCH3 is 1. The number of anilines is 1. The van der Waals surface area contributed by atoms with E-state index in [0.717, 1.165) is 67.6 Å². The van der Waals surface area contributed by atoms with E-state index in [-0.39, 0.29) is 0 Å². The Morgan fingerprint density at radius 1 is 0.882 bits per heavy atom. The molecule has 0 bridgehead atoms. The SMILES string of the molecule is COCCN1CCN(c2ccc(-c3ccc4c(C)c(-c5cc(C)nc(C)c5)[nH]c4c3)cn2)CC1. The van der Waals surface area contributed by atoms with Crippen LogP contribution in [0.15, 0.2) is 48.7 Å². The van der Waals surface area contributed by atoms with E-state index in [9.17, 15) is 0 Å². The molecule has 0 atom stereocenters. The van der Waals surface area contributed by atoms with E-state index in [1.54, 1.807) is 7.11 Å². The Morgan fingerprint density at radius 2 is 1.62 bits per heavy atom. The van der Waals surface area contributed by atoms with Crippen LogP contribution in [0.4, 0.5) is 5.82 Å². The van der Waals surface area contributed by atoms with Crippen LogP contribution in [-0.2, 0) is 4.74 Å². The number of aromatic amines is 1. The van der Waals surface area contributed by atoms with Gasteiger partial charge in [-0.15, -0.1) is 0 Å². The van der Waals surface area contributed by atoms with Crippen molar-refractivity contribution < 1.29 is 4.74 Å². The Bertz CT molecular complexity index is 1270. The predicted octanol–water partition coefficient (Wildman–Crippen LogP) is 4.99. The topological polar surface area (TPSA) is 57.3 Å². The maximum atomic E-state index is 5.21. The Labute approximate surface area is 201 Å². The van der Waals surface area contributed by atoms with Crippen LogP contribution >= 0.6 is 0 Å². The molecule has 1 fully saturated rings. The van der Waals surface area contributed by atoms with Crippen molar-refractivity contribution in [2.75, 3.05) is 51.3 Å². The van der Waals surface area contributed by atoms with Crippen molar-refractivity contribution in [3.63, 3.8) is 0 Å². The molecule has 1 aliphatic heterocycles. The van der Waals surface area contributed by atoms with E-state index in [1.807, 2.05) is 20.0 Å². The zero-order valence-corrected chi connectivity index (χ0v) is 20.6. The molecule has 4 aromatic rings. The van der Waals surface area contributed by atoms with Crippen LogP contribution in [0.5, 0.6) is 0 Å². The van der Waals surface area contributed by atoms with Crippen molar-refractivity contribution in [2.45, 2.75) is 20.8 Å². The first-order chi connectivity index (χ1) is 16.5. The molecule has 6 heteroatoms. The molecular weight excluding hydrogens is 422 g/mol. The summed E-state index contributed by atoms with van der Waals surface area (Å²) in [4.78, 5) is 17.8. The molecule has 1 saturated heterocycles. The molecule has 3 aromatic heterocycles. The first kappa shape index (κ1) is 22.6. The average molecular weight is 456 g/mol. The Kier molecular flexibility index (Phi) is 6.35. The summed E-state index contributed by atoms with van der Waals surface area (Å²) in [5.41, 5.74) is 9.15. The first-order valence-corrected chi connectivity index (χ1v) is 12.0. The van der Waals surface area contributed by atoms with Gasteiger partial charge in [-0.1, -0.05) is 12.1 Å². The molecule has 0 spiro atoms. The Morgan fingerprint density at radius 3 is 2.29 bits per heavy atom. The number of H-pyrrole nitrogens is 1. The summed E-state index contributed by atoms with van der Waals surface area (Å²) in [5, 5.41) is 1.25. The van der Waals surface area contributed by atoms with Crippen LogP contribution in [0, 0.1) is 20.8 Å². The van der Waals surface area contributed by atoms with E-state index in [2.05, 4.69) is 69.2 Å². The normalized spacial score (nSPS) is 14.8. The number of nitrogens with one attached hydrogen (secondary N) is 1. The van der Waals surface area contributed by atoms with Gasteiger partial charge in [-0.05, 0) is 62.2 Å². The number of fused-ring (bicyclic) bond motifs is 1. The molecule has 0 unspecified atom stereocenters. The lowest BCUT2D eigenvalue weighted by Crippen LogP contribution is -2.47. The molecule has 1 N–H and O–H groups in total. The van der Waals surface area contributed by atoms with Gasteiger partial charge >= 0.3 is 0 Å². The maximum absolute atomic E-state index is 5.21. The number of pyridine rings is 2. The van der Waals surface area contributed by atoms with Crippen LogP contribution in [-0.4, -0.2) is 66.3 Å². The Balaban J connectivity index is 1.35. The second-order valence-corrected chi connectivity index (χ2v) is 9.25. The second kappa shape index (κ2) is 9.57. The summed E-state index contributed by atoms with van der Waals surface area (Å²) in [7, 11) is 1.76. The van der Waals surface area contributed by atoms with Gasteiger partial charge in [0.25, 0.3) is 0 Å². The van der Waals surface area contributed by atoms with Gasteiger partial charge in [0.15, 0.2) is 0 Å². The molecular formula is C28H33N5O. The van der Waals surface area contributed by atoms with Gasteiger partial charge in [0.05, 0.1) is 6.61 Å². The van der Waals surface area contributed by atoms with E-state index in [1.165, 1.54) is 27.8 Å². The monoisotopic (exact) mass is 455 g/mol. The highest BCUT2D eigenvalue weighted by Crippen LogP contribution is 2.33. The first-order valence-electron chi connectivity index (χ1n) is 12.0. The number of ether oxygens (including phenoxy) is 1. The van der Waals surface area contributed by atoms with E-state index in [4.69, 9.17) is 9.72 Å². The summed E-state index contributed by atoms with van der Waals surface area (Å²) in [6.07, 6.45) is 2.00. The summed E-state index contributed by atoms with van der Waals surface area (Å²) >= 11 is 0. The number of nitrogens with zero attached hydrogens (tertiary/aromatic N) is 4. The molecule has 1 aromatic carbocycles. The minimum Gasteiger partial charge on any atom is -0.383 e. The van der Waals surface area contributed by atoms with E-state index < -0.39 is 0 Å². The zero-order chi connectivity index (χ0) is 23.7. The number of aromatic nitrogens is 3. The van der Waals surface area contributed by atoms with Crippen molar-refractivity contribution >= 4 is 16.7 Å². The van der Waals surface area contributed by atoms with Crippen molar-refractivity contribution in [2.24, 2.45) is 0 Å². The van der Waals surface area contributed by atoms with Gasteiger partial charge in [-0.3, -0.25) is 9.88 Å². The molecule has 1 aliphatic rings. The van der Waals surface area contributed by atoms with Crippen LogP contribution in [0.1, 0.15) is 17.0 Å². The molecule has 4 heterocycles. The van der Waals surface area contributed by atoms with Crippen molar-refractivity contribution in [3.8, 4) is 22.4 Å². The van der Waals surface area contributed by atoms with E-state index >= 15 is 0 Å². The van der Waals surface area contributed by atoms with Gasteiger partial charge in [-0.25, -0.2) is 4.98 Å². The van der Waals surface area contributed by atoms with Gasteiger partial charge in [0.1, 0.15) is 5.82 Å². The lowest BCUT2D eigenvalue weighted by Gasteiger charge is -2.35. The molecule has 176 valence electrons. The zero-order valence-electron chi connectivity index (χ0n) is 20.6. The maximum Gasteiger partial charge on any atom is 0.128 e. The molecule has 34 heavy (non-hydrogen) atoms. The summed E-state index contributed by atoms with van der Waals surface area (Å²) in [6, 6.07) is 15.3. The summed E-state index contributed by atoms with van der Waals surface area (Å²) < 4.78 is 5.21. The highest BCUT2D eigenvalue weighted by molar-refractivity contribution is 5.93. The third kappa shape index (κ3) is 4.56. The van der Waals surface area contributed by atoms with Crippen molar-refractivity contribution in [1.29, 1.82) is 0 Å². The quantitative estimate of drug-likeness (QED) is 0.444. The van der Waals surface area contributed by atoms with Crippen molar-refractivity contribution in [3.05, 3.63) is 65.6 Å². The minimum atomic E-state index is 0.793. The summed E-state index contributed by atoms with van der Waals surface area (Å²) in [6.45, 7) is 12.2. The fraction of sp³-hybridized carbons (Fsp3) is 0.357. The summed E-state index contributed by atoms with van der Waals surface area (Å²) in [5.74, 6) is 1.05. The molecule has 6 nitrogen and oxygen atoms in total. The fourth-order valence-electron chi connectivity index (χ4n) is 4.95. The molecule has 0 amide bonds. The van der Waals surface area contributed by atoms with Gasteiger partial charge < -0.3 is 14.6 Å². The molecule has 0 radical (unpaired) electrons. The number of hydrogen-bond acceptors (Lipinski definition) is 5. The second-order valence-electron chi connectivity index (χ2n) is 9.25. The van der Waals surface area contributed by atoms with Gasteiger partial charge in [0.2, 0.25) is 0 Å². The third-order valence-electron chi connectivity index (χ3n) is 6.82. The smallest absolute Gasteiger partial charge is 0.128 e. The van der Waals surface area contributed by atoms with E-state index in [0.29, 0.717) is 0 Å². The van der Waals surface area contributed by atoms with Crippen LogP contribution in [0.3, 0.4) is 0 Å². The highest BCUT2D eigenvalue weighted by Gasteiger charge is 2.18. The number of aryl methyl sites for hydroxylation is 3. The molecule has 5 rings (SSSR count). The highest BCUT2D eigenvalue weighted by atomic mass is 16.5. The minimum absolute atomic E-state index is 0.793. The number of benzene rings is 1. The lowest BCUT2D eigenvalue weighted by atomic mass is 10.0.